The quantitative estimate of drug-likeness (QED) is 0.357. The van der Waals surface area contributed by atoms with E-state index in [0.717, 1.165) is 46.8 Å². The van der Waals surface area contributed by atoms with Crippen molar-refractivity contribution in [2.75, 3.05) is 42.2 Å². The topological polar surface area (TPSA) is 108 Å². The molecule has 0 fully saturated rings. The van der Waals surface area contributed by atoms with E-state index >= 15 is 0 Å². The van der Waals surface area contributed by atoms with Crippen molar-refractivity contribution in [3.8, 4) is 11.3 Å². The van der Waals surface area contributed by atoms with Crippen molar-refractivity contribution in [2.24, 2.45) is 5.73 Å². The lowest BCUT2D eigenvalue weighted by molar-refractivity contribution is 0.817. The molecule has 2 heterocycles. The molecule has 0 aliphatic heterocycles. The molecule has 154 valence electrons. The first-order valence-electron chi connectivity index (χ1n) is 10.0. The Morgan fingerprint density at radius 2 is 1.90 bits per heavy atom. The molecule has 0 atom stereocenters. The molecule has 0 saturated carbocycles. The highest BCUT2D eigenvalue weighted by atomic mass is 15.2. The van der Waals surface area contributed by atoms with Crippen molar-refractivity contribution in [3.05, 3.63) is 54.7 Å². The molecule has 0 saturated heterocycles. The van der Waals surface area contributed by atoms with Gasteiger partial charge in [-0.3, -0.25) is 5.10 Å². The fourth-order valence-corrected chi connectivity index (χ4v) is 3.47. The van der Waals surface area contributed by atoms with Gasteiger partial charge in [-0.2, -0.15) is 10.1 Å². The van der Waals surface area contributed by atoms with Crippen LogP contribution in [-0.4, -0.2) is 46.8 Å². The molecule has 0 aliphatic carbocycles. The fraction of sp³-hybridized carbons (Fsp3) is 0.227. The van der Waals surface area contributed by atoms with Gasteiger partial charge in [0.25, 0.3) is 0 Å². The van der Waals surface area contributed by atoms with Crippen LogP contribution < -0.4 is 21.3 Å². The molecule has 0 spiro atoms. The summed E-state index contributed by atoms with van der Waals surface area (Å²) in [7, 11) is 1.90. The second-order valence-electron chi connectivity index (χ2n) is 6.90. The first-order chi connectivity index (χ1) is 14.7. The normalized spacial score (nSPS) is 10.9. The fourth-order valence-electron chi connectivity index (χ4n) is 3.47. The van der Waals surface area contributed by atoms with E-state index in [9.17, 15) is 0 Å². The van der Waals surface area contributed by atoms with Gasteiger partial charge in [0.1, 0.15) is 0 Å². The zero-order valence-electron chi connectivity index (χ0n) is 17.2. The average Bonchev–Trinajstić information content (AvgIpc) is 3.25. The Bertz CT molecular complexity index is 1140. The largest absolute Gasteiger partial charge is 0.388 e. The van der Waals surface area contributed by atoms with Gasteiger partial charge < -0.3 is 21.3 Å². The molecule has 0 radical (unpaired) electrons. The Balaban J connectivity index is 1.70. The Morgan fingerprint density at radius 1 is 1.07 bits per heavy atom. The van der Waals surface area contributed by atoms with Crippen molar-refractivity contribution in [1.29, 1.82) is 0 Å². The van der Waals surface area contributed by atoms with Crippen molar-refractivity contribution < 1.29 is 0 Å². The number of nitrogens with two attached hydrogens (primary N) is 1. The number of anilines is 4. The number of rotatable bonds is 8. The van der Waals surface area contributed by atoms with Crippen molar-refractivity contribution in [2.45, 2.75) is 6.92 Å². The van der Waals surface area contributed by atoms with E-state index in [1.807, 2.05) is 37.4 Å². The first kappa shape index (κ1) is 19.7. The lowest BCUT2D eigenvalue weighted by atomic mass is 10.1. The number of H-pyrrole nitrogens is 1. The van der Waals surface area contributed by atoms with Crippen LogP contribution in [0.1, 0.15) is 6.92 Å². The van der Waals surface area contributed by atoms with E-state index in [-0.39, 0.29) is 0 Å². The molecule has 4 aromatic rings. The Hall–Kier alpha value is -3.65. The van der Waals surface area contributed by atoms with E-state index in [1.165, 1.54) is 0 Å². The number of fused-ring (bicyclic) bond motifs is 1. The van der Waals surface area contributed by atoms with E-state index in [4.69, 9.17) is 10.7 Å². The van der Waals surface area contributed by atoms with E-state index in [2.05, 4.69) is 55.8 Å². The lowest BCUT2D eigenvalue weighted by Crippen LogP contribution is -2.29. The number of likely N-dealkylation sites (N-methyl/N-ethyl adjacent to an activating group) is 1. The van der Waals surface area contributed by atoms with Crippen LogP contribution in [0, 0.1) is 0 Å². The first-order valence-corrected chi connectivity index (χ1v) is 10.0. The zero-order chi connectivity index (χ0) is 20.9. The molecule has 5 N–H and O–H groups in total. The molecular formula is C22H26N8. The standard InChI is InChI=1S/C22H26N8/c1-3-30(11-10-23)18-9-5-8-17(13-18)26-22-27-20(19-14-25-29-21(19)28-22)15-6-4-7-16(12-15)24-2/h4-9,12-14,24H,3,10-11,23H2,1-2H3,(H2,25,26,27,28,29). The minimum Gasteiger partial charge on any atom is -0.388 e. The summed E-state index contributed by atoms with van der Waals surface area (Å²) in [6, 6.07) is 16.3. The predicted octanol–water partition coefficient (Wildman–Crippen LogP) is 3.59. The summed E-state index contributed by atoms with van der Waals surface area (Å²) >= 11 is 0. The van der Waals surface area contributed by atoms with Crippen molar-refractivity contribution >= 4 is 34.0 Å². The predicted molar refractivity (Wildman–Crippen MR) is 123 cm³/mol. The van der Waals surface area contributed by atoms with Crippen LogP contribution in [0.3, 0.4) is 0 Å². The second-order valence-corrected chi connectivity index (χ2v) is 6.90. The van der Waals surface area contributed by atoms with Gasteiger partial charge in [-0.05, 0) is 37.3 Å². The Labute approximate surface area is 175 Å². The number of nitrogens with zero attached hydrogens (tertiary/aromatic N) is 4. The third-order valence-electron chi connectivity index (χ3n) is 4.98. The van der Waals surface area contributed by atoms with Crippen LogP contribution in [-0.2, 0) is 0 Å². The van der Waals surface area contributed by atoms with Crippen LogP contribution in [0.5, 0.6) is 0 Å². The number of hydrogen-bond donors (Lipinski definition) is 4. The summed E-state index contributed by atoms with van der Waals surface area (Å²) in [4.78, 5) is 11.6. The average molecular weight is 403 g/mol. The van der Waals surface area contributed by atoms with Gasteiger partial charge in [0, 0.05) is 49.3 Å². The molecule has 8 heteroatoms. The minimum atomic E-state index is 0.510. The highest BCUT2D eigenvalue weighted by molar-refractivity contribution is 5.91. The minimum absolute atomic E-state index is 0.510. The summed E-state index contributed by atoms with van der Waals surface area (Å²) in [5.41, 5.74) is 11.3. The third kappa shape index (κ3) is 4.04. The SMILES string of the molecule is CCN(CCN)c1cccc(Nc2nc(-c3cccc(NC)c3)c3cn[nH]c3n2)c1. The van der Waals surface area contributed by atoms with E-state index < -0.39 is 0 Å². The maximum atomic E-state index is 5.75. The molecule has 2 aromatic heterocycles. The number of hydrogen-bond acceptors (Lipinski definition) is 7. The van der Waals surface area contributed by atoms with Gasteiger partial charge in [0.15, 0.2) is 5.65 Å². The van der Waals surface area contributed by atoms with Crippen LogP contribution in [0.4, 0.5) is 23.0 Å². The smallest absolute Gasteiger partial charge is 0.229 e. The lowest BCUT2D eigenvalue weighted by Gasteiger charge is -2.23. The number of aromatic amines is 1. The van der Waals surface area contributed by atoms with Crippen LogP contribution in [0.15, 0.2) is 54.7 Å². The van der Waals surface area contributed by atoms with E-state index in [1.54, 1.807) is 6.20 Å². The van der Waals surface area contributed by atoms with Gasteiger partial charge in [0.2, 0.25) is 5.95 Å². The molecule has 30 heavy (non-hydrogen) atoms. The molecule has 4 rings (SSSR count). The Morgan fingerprint density at radius 3 is 2.70 bits per heavy atom. The van der Waals surface area contributed by atoms with Gasteiger partial charge in [-0.15, -0.1) is 0 Å². The Kier molecular flexibility index (Phi) is 5.76. The summed E-state index contributed by atoms with van der Waals surface area (Å²) in [5.74, 6) is 0.510. The number of benzene rings is 2. The summed E-state index contributed by atoms with van der Waals surface area (Å²) < 4.78 is 0. The number of nitrogens with one attached hydrogen (secondary N) is 3. The van der Waals surface area contributed by atoms with Crippen molar-refractivity contribution in [1.82, 2.24) is 20.2 Å². The maximum Gasteiger partial charge on any atom is 0.229 e. The van der Waals surface area contributed by atoms with Crippen LogP contribution >= 0.6 is 0 Å². The molecule has 0 aliphatic rings. The third-order valence-corrected chi connectivity index (χ3v) is 4.98. The summed E-state index contributed by atoms with van der Waals surface area (Å²) in [6.45, 7) is 4.43. The van der Waals surface area contributed by atoms with Gasteiger partial charge in [-0.1, -0.05) is 18.2 Å². The van der Waals surface area contributed by atoms with Crippen LogP contribution in [0.25, 0.3) is 22.3 Å². The van der Waals surface area contributed by atoms with Crippen molar-refractivity contribution in [3.63, 3.8) is 0 Å². The number of aromatic nitrogens is 4. The molecule has 0 amide bonds. The maximum absolute atomic E-state index is 5.75. The summed E-state index contributed by atoms with van der Waals surface area (Å²) in [5, 5.41) is 14.5. The molecule has 0 unspecified atom stereocenters. The highest BCUT2D eigenvalue weighted by Crippen LogP contribution is 2.29. The van der Waals surface area contributed by atoms with Gasteiger partial charge in [0.05, 0.1) is 17.3 Å². The van der Waals surface area contributed by atoms with E-state index in [0.29, 0.717) is 18.1 Å². The highest BCUT2D eigenvalue weighted by Gasteiger charge is 2.13. The van der Waals surface area contributed by atoms with Gasteiger partial charge in [-0.25, -0.2) is 4.98 Å². The zero-order valence-corrected chi connectivity index (χ0v) is 17.2. The van der Waals surface area contributed by atoms with Crippen LogP contribution in [0.2, 0.25) is 0 Å². The molecule has 8 nitrogen and oxygen atoms in total. The molecular weight excluding hydrogens is 376 g/mol. The summed E-state index contributed by atoms with van der Waals surface area (Å²) in [6.07, 6.45) is 1.76. The molecule has 0 bridgehead atoms. The molecule has 2 aromatic carbocycles. The van der Waals surface area contributed by atoms with Gasteiger partial charge >= 0.3 is 0 Å². The second kappa shape index (κ2) is 8.79. The monoisotopic (exact) mass is 402 g/mol.